The van der Waals surface area contributed by atoms with Gasteiger partial charge < -0.3 is 9.53 Å². The molecule has 0 amide bonds. The molecule has 0 N–H and O–H groups in total. The third-order valence-corrected chi connectivity index (χ3v) is 1.69. The van der Waals surface area contributed by atoms with Crippen LogP contribution in [0, 0.1) is 0 Å². The van der Waals surface area contributed by atoms with E-state index in [2.05, 4.69) is 6.92 Å². The lowest BCUT2D eigenvalue weighted by Gasteiger charge is -2.02. The van der Waals surface area contributed by atoms with Gasteiger partial charge in [0.15, 0.2) is 0 Å². The standard InChI is InChI=1S/C10H18O3/c1-3-4-5-8-13-10(12)7-6-9(2)11/h3-8H2,1-2H3. The first-order valence-corrected chi connectivity index (χ1v) is 4.82. The molecule has 0 aliphatic carbocycles. The normalized spacial score (nSPS) is 9.69. The Bertz CT molecular complexity index is 164. The van der Waals surface area contributed by atoms with Crippen LogP contribution in [0.1, 0.15) is 46.0 Å². The van der Waals surface area contributed by atoms with Gasteiger partial charge >= 0.3 is 5.97 Å². The lowest BCUT2D eigenvalue weighted by molar-refractivity contribution is -0.144. The van der Waals surface area contributed by atoms with E-state index >= 15 is 0 Å². The van der Waals surface area contributed by atoms with Crippen LogP contribution in [-0.4, -0.2) is 18.4 Å². The fourth-order valence-electron chi connectivity index (χ4n) is 0.888. The summed E-state index contributed by atoms with van der Waals surface area (Å²) in [6, 6.07) is 0. The van der Waals surface area contributed by atoms with E-state index in [1.807, 2.05) is 0 Å². The topological polar surface area (TPSA) is 43.4 Å². The van der Waals surface area contributed by atoms with Crippen LogP contribution in [0.5, 0.6) is 0 Å². The molecule has 0 fully saturated rings. The molecule has 13 heavy (non-hydrogen) atoms. The summed E-state index contributed by atoms with van der Waals surface area (Å²) in [5.41, 5.74) is 0. The van der Waals surface area contributed by atoms with E-state index in [9.17, 15) is 9.59 Å². The van der Waals surface area contributed by atoms with Gasteiger partial charge in [-0.3, -0.25) is 4.79 Å². The number of hydrogen-bond acceptors (Lipinski definition) is 3. The van der Waals surface area contributed by atoms with Crippen LogP contribution in [0.25, 0.3) is 0 Å². The number of ketones is 1. The number of ether oxygens (including phenoxy) is 1. The molecular formula is C10H18O3. The van der Waals surface area contributed by atoms with Crippen LogP contribution < -0.4 is 0 Å². The molecule has 3 nitrogen and oxygen atoms in total. The third kappa shape index (κ3) is 9.05. The molecule has 0 rings (SSSR count). The molecule has 0 aliphatic heterocycles. The summed E-state index contributed by atoms with van der Waals surface area (Å²) >= 11 is 0. The van der Waals surface area contributed by atoms with Crippen molar-refractivity contribution in [3.63, 3.8) is 0 Å². The monoisotopic (exact) mass is 186 g/mol. The van der Waals surface area contributed by atoms with Crippen LogP contribution in [-0.2, 0) is 14.3 Å². The Hall–Kier alpha value is -0.860. The van der Waals surface area contributed by atoms with Crippen molar-refractivity contribution >= 4 is 11.8 Å². The summed E-state index contributed by atoms with van der Waals surface area (Å²) in [5, 5.41) is 0. The summed E-state index contributed by atoms with van der Waals surface area (Å²) < 4.78 is 4.90. The van der Waals surface area contributed by atoms with Gasteiger partial charge in [-0.1, -0.05) is 19.8 Å². The van der Waals surface area contributed by atoms with Gasteiger partial charge in [-0.05, 0) is 13.3 Å². The van der Waals surface area contributed by atoms with Crippen LogP contribution in [0.15, 0.2) is 0 Å². The molecule has 0 bridgehead atoms. The molecule has 0 aromatic rings. The highest BCUT2D eigenvalue weighted by molar-refractivity contribution is 5.80. The largest absolute Gasteiger partial charge is 0.466 e. The molecule has 0 unspecified atom stereocenters. The summed E-state index contributed by atoms with van der Waals surface area (Å²) in [5.74, 6) is -0.225. The van der Waals surface area contributed by atoms with Crippen LogP contribution in [0.3, 0.4) is 0 Å². The molecule has 3 heteroatoms. The second kappa shape index (κ2) is 7.77. The van der Waals surface area contributed by atoms with Gasteiger partial charge in [0.2, 0.25) is 0 Å². The smallest absolute Gasteiger partial charge is 0.306 e. The zero-order valence-electron chi connectivity index (χ0n) is 8.47. The average molecular weight is 186 g/mol. The first-order valence-electron chi connectivity index (χ1n) is 4.82. The Balaban J connectivity index is 3.25. The molecule has 0 saturated heterocycles. The van der Waals surface area contributed by atoms with E-state index in [0.29, 0.717) is 13.0 Å². The minimum absolute atomic E-state index is 0.0329. The van der Waals surface area contributed by atoms with Gasteiger partial charge in [-0.25, -0.2) is 0 Å². The van der Waals surface area contributed by atoms with Crippen LogP contribution in [0.4, 0.5) is 0 Å². The molecule has 0 aromatic carbocycles. The maximum Gasteiger partial charge on any atom is 0.306 e. The number of Topliss-reactive ketones (excluding diaryl/α,β-unsaturated/α-hetero) is 1. The Morgan fingerprint density at radius 1 is 1.15 bits per heavy atom. The molecule has 0 heterocycles. The van der Waals surface area contributed by atoms with Gasteiger partial charge in [-0.15, -0.1) is 0 Å². The predicted octanol–water partition coefficient (Wildman–Crippen LogP) is 2.09. The number of rotatable bonds is 7. The highest BCUT2D eigenvalue weighted by Crippen LogP contribution is 1.98. The van der Waals surface area contributed by atoms with E-state index in [1.165, 1.54) is 6.92 Å². The van der Waals surface area contributed by atoms with Crippen molar-refractivity contribution < 1.29 is 14.3 Å². The molecular weight excluding hydrogens is 168 g/mol. The molecule has 0 radical (unpaired) electrons. The highest BCUT2D eigenvalue weighted by Gasteiger charge is 2.03. The number of carbonyl (C=O) groups is 2. The number of unbranched alkanes of at least 4 members (excludes halogenated alkanes) is 2. The van der Waals surface area contributed by atoms with Gasteiger partial charge in [0, 0.05) is 6.42 Å². The van der Waals surface area contributed by atoms with E-state index in [0.717, 1.165) is 19.3 Å². The molecule has 0 aromatic heterocycles. The minimum atomic E-state index is -0.258. The zero-order valence-corrected chi connectivity index (χ0v) is 8.47. The minimum Gasteiger partial charge on any atom is -0.466 e. The summed E-state index contributed by atoms with van der Waals surface area (Å²) in [4.78, 5) is 21.5. The first kappa shape index (κ1) is 12.1. The second-order valence-electron chi connectivity index (χ2n) is 3.13. The van der Waals surface area contributed by atoms with Gasteiger partial charge in [-0.2, -0.15) is 0 Å². The van der Waals surface area contributed by atoms with Gasteiger partial charge in [0.1, 0.15) is 5.78 Å². The Morgan fingerprint density at radius 2 is 1.85 bits per heavy atom. The van der Waals surface area contributed by atoms with E-state index in [-0.39, 0.29) is 18.2 Å². The quantitative estimate of drug-likeness (QED) is 0.451. The van der Waals surface area contributed by atoms with Crippen molar-refractivity contribution in [2.24, 2.45) is 0 Å². The lowest BCUT2D eigenvalue weighted by atomic mass is 10.2. The zero-order chi connectivity index (χ0) is 10.1. The van der Waals surface area contributed by atoms with E-state index in [4.69, 9.17) is 4.74 Å². The SMILES string of the molecule is CCCCCOC(=O)CCC(C)=O. The van der Waals surface area contributed by atoms with E-state index in [1.54, 1.807) is 0 Å². The van der Waals surface area contributed by atoms with Crippen molar-refractivity contribution in [3.05, 3.63) is 0 Å². The van der Waals surface area contributed by atoms with Crippen molar-refractivity contribution in [2.45, 2.75) is 46.0 Å². The fraction of sp³-hybridized carbons (Fsp3) is 0.800. The first-order chi connectivity index (χ1) is 6.16. The summed E-state index contributed by atoms with van der Waals surface area (Å²) in [6.07, 6.45) is 3.64. The number of esters is 1. The van der Waals surface area contributed by atoms with E-state index < -0.39 is 0 Å². The maximum absolute atomic E-state index is 10.9. The van der Waals surface area contributed by atoms with Gasteiger partial charge in [0.05, 0.1) is 13.0 Å². The predicted molar refractivity (Wildman–Crippen MR) is 50.4 cm³/mol. The Kier molecular flexibility index (Phi) is 7.26. The molecule has 76 valence electrons. The fourth-order valence-corrected chi connectivity index (χ4v) is 0.888. The summed E-state index contributed by atoms with van der Waals surface area (Å²) in [6.45, 7) is 4.06. The van der Waals surface area contributed by atoms with Crippen molar-refractivity contribution in [3.8, 4) is 0 Å². The lowest BCUT2D eigenvalue weighted by Crippen LogP contribution is -2.07. The Labute approximate surface area is 79.5 Å². The molecule has 0 spiro atoms. The number of hydrogen-bond donors (Lipinski definition) is 0. The number of carbonyl (C=O) groups excluding carboxylic acids is 2. The van der Waals surface area contributed by atoms with Gasteiger partial charge in [0.25, 0.3) is 0 Å². The van der Waals surface area contributed by atoms with Crippen molar-refractivity contribution in [1.82, 2.24) is 0 Å². The van der Waals surface area contributed by atoms with Crippen molar-refractivity contribution in [1.29, 1.82) is 0 Å². The maximum atomic E-state index is 10.9. The van der Waals surface area contributed by atoms with Crippen molar-refractivity contribution in [2.75, 3.05) is 6.61 Å². The molecule has 0 aliphatic rings. The second-order valence-corrected chi connectivity index (χ2v) is 3.13. The van der Waals surface area contributed by atoms with Crippen LogP contribution >= 0.6 is 0 Å². The summed E-state index contributed by atoms with van der Waals surface area (Å²) in [7, 11) is 0. The average Bonchev–Trinajstić information content (AvgIpc) is 2.09. The molecule has 0 saturated carbocycles. The third-order valence-electron chi connectivity index (χ3n) is 1.69. The van der Waals surface area contributed by atoms with Crippen LogP contribution in [0.2, 0.25) is 0 Å². The Morgan fingerprint density at radius 3 is 2.38 bits per heavy atom. The highest BCUT2D eigenvalue weighted by atomic mass is 16.5. The molecule has 0 atom stereocenters.